The summed E-state index contributed by atoms with van der Waals surface area (Å²) in [4.78, 5) is 27.0. The van der Waals surface area contributed by atoms with Gasteiger partial charge in [-0.15, -0.1) is 0 Å². The summed E-state index contributed by atoms with van der Waals surface area (Å²) in [6.07, 6.45) is 0.268. The van der Waals surface area contributed by atoms with Crippen LogP contribution in [0.15, 0.2) is 78.9 Å². The molecule has 53 heavy (non-hydrogen) atoms. The normalized spacial score (nSPS) is 16.8. The first-order valence-corrected chi connectivity index (χ1v) is 18.4. The summed E-state index contributed by atoms with van der Waals surface area (Å²) in [5, 5.41) is 28.6. The highest BCUT2D eigenvalue weighted by Gasteiger charge is 2.35. The van der Waals surface area contributed by atoms with Crippen molar-refractivity contribution in [3.8, 4) is 0 Å². The molecule has 12 heteroatoms. The minimum Gasteiger partial charge on any atom is -0.447 e. The molecule has 4 rings (SSSR count). The summed E-state index contributed by atoms with van der Waals surface area (Å²) in [5.74, 6) is -0.958. The number of hydrogen-bond donors (Lipinski definition) is 4. The third-order valence-corrected chi connectivity index (χ3v) is 9.21. The molecule has 0 unspecified atom stereocenters. The largest absolute Gasteiger partial charge is 0.447 e. The summed E-state index contributed by atoms with van der Waals surface area (Å²) >= 11 is 0. The number of amides is 2. The smallest absolute Gasteiger partial charge is 0.407 e. The second-order valence-corrected chi connectivity index (χ2v) is 13.2. The zero-order valence-electron chi connectivity index (χ0n) is 31.0. The zero-order chi connectivity index (χ0) is 37.7. The Morgan fingerprint density at radius 1 is 0.755 bits per heavy atom. The lowest BCUT2D eigenvalue weighted by molar-refractivity contribution is -0.127. The number of nitrogens with one attached hydrogen (secondary N) is 2. The number of hydrogen-bond acceptors (Lipinski definition) is 10. The van der Waals surface area contributed by atoms with Gasteiger partial charge in [0.2, 0.25) is 5.91 Å². The van der Waals surface area contributed by atoms with Crippen molar-refractivity contribution >= 4 is 12.0 Å². The van der Waals surface area contributed by atoms with Gasteiger partial charge in [-0.2, -0.15) is 0 Å². The Kier molecular flexibility index (Phi) is 18.7. The number of benzene rings is 3. The van der Waals surface area contributed by atoms with Crippen molar-refractivity contribution in [2.24, 2.45) is 5.92 Å². The van der Waals surface area contributed by atoms with Gasteiger partial charge in [0.15, 0.2) is 0 Å². The van der Waals surface area contributed by atoms with Gasteiger partial charge in [0, 0.05) is 33.2 Å². The maximum absolute atomic E-state index is 14.1. The van der Waals surface area contributed by atoms with E-state index in [1.807, 2.05) is 78.9 Å². The molecule has 3 aromatic rings. The molecule has 1 aliphatic rings. The number of rotatable bonds is 25. The summed E-state index contributed by atoms with van der Waals surface area (Å²) in [7, 11) is 3.21. The van der Waals surface area contributed by atoms with Crippen molar-refractivity contribution in [2.75, 3.05) is 67.3 Å². The highest BCUT2D eigenvalue weighted by Crippen LogP contribution is 2.32. The molecule has 290 valence electrons. The fraction of sp³-hybridized carbons (Fsp3) is 0.512. The van der Waals surface area contributed by atoms with E-state index in [4.69, 9.17) is 28.4 Å². The molecule has 0 saturated carbocycles. The van der Waals surface area contributed by atoms with Crippen LogP contribution in [0.4, 0.5) is 4.79 Å². The van der Waals surface area contributed by atoms with Gasteiger partial charge in [0.05, 0.1) is 57.3 Å². The van der Waals surface area contributed by atoms with Gasteiger partial charge in [-0.05, 0) is 59.9 Å². The number of aryl methyl sites for hydroxylation is 1. The summed E-state index contributed by atoms with van der Waals surface area (Å²) in [5.41, 5.74) is 4.86. The fourth-order valence-electron chi connectivity index (χ4n) is 6.36. The topological polar surface area (TPSA) is 154 Å². The van der Waals surface area contributed by atoms with Gasteiger partial charge in [0.25, 0.3) is 0 Å². The maximum atomic E-state index is 14.1. The SMILES string of the molecule is COCCOCCOC(=O)N[C@@H](Cc1ccccc1)[C@@H](O)C[C@@H](Cc1ccc(CCCOCOCCOC)cc1)C(=O)N[C@H]1c2ccccc2C[C@H]1O. The first-order valence-electron chi connectivity index (χ1n) is 18.4. The average Bonchev–Trinajstić information content (AvgIpc) is 3.48. The Balaban J connectivity index is 1.43. The van der Waals surface area contributed by atoms with Gasteiger partial charge in [-0.1, -0.05) is 78.9 Å². The molecule has 0 saturated heterocycles. The second kappa shape index (κ2) is 23.7. The van der Waals surface area contributed by atoms with E-state index in [2.05, 4.69) is 10.6 Å². The zero-order valence-corrected chi connectivity index (χ0v) is 31.0. The number of ether oxygens (including phenoxy) is 6. The third-order valence-electron chi connectivity index (χ3n) is 9.21. The molecule has 3 aromatic carbocycles. The Labute approximate surface area is 313 Å². The van der Waals surface area contributed by atoms with Crippen LogP contribution < -0.4 is 10.6 Å². The third kappa shape index (κ3) is 14.8. The Bertz CT molecular complexity index is 1480. The van der Waals surface area contributed by atoms with Crippen LogP contribution >= 0.6 is 0 Å². The molecular formula is C41H56N2O10. The van der Waals surface area contributed by atoms with Crippen molar-refractivity contribution in [1.29, 1.82) is 0 Å². The van der Waals surface area contributed by atoms with E-state index < -0.39 is 36.3 Å². The van der Waals surface area contributed by atoms with E-state index in [1.165, 1.54) is 0 Å². The fourth-order valence-corrected chi connectivity index (χ4v) is 6.36. The summed E-state index contributed by atoms with van der Waals surface area (Å²) in [6.45, 7) is 2.88. The van der Waals surface area contributed by atoms with Crippen LogP contribution in [0.25, 0.3) is 0 Å². The quantitative estimate of drug-likeness (QED) is 0.0744. The van der Waals surface area contributed by atoms with Gasteiger partial charge >= 0.3 is 6.09 Å². The number of aliphatic hydroxyl groups is 2. The molecule has 0 radical (unpaired) electrons. The molecule has 1 aliphatic carbocycles. The highest BCUT2D eigenvalue weighted by molar-refractivity contribution is 5.80. The van der Waals surface area contributed by atoms with Crippen molar-refractivity contribution in [2.45, 2.75) is 62.8 Å². The van der Waals surface area contributed by atoms with E-state index in [0.29, 0.717) is 52.3 Å². The molecular weight excluding hydrogens is 680 g/mol. The van der Waals surface area contributed by atoms with E-state index in [0.717, 1.165) is 40.7 Å². The monoisotopic (exact) mass is 736 g/mol. The molecule has 0 fully saturated rings. The minimum atomic E-state index is -1.10. The summed E-state index contributed by atoms with van der Waals surface area (Å²) in [6, 6.07) is 24.0. The lowest BCUT2D eigenvalue weighted by Crippen LogP contribution is -2.47. The Morgan fingerprint density at radius 3 is 2.15 bits per heavy atom. The molecule has 0 aromatic heterocycles. The number of aliphatic hydroxyl groups excluding tert-OH is 2. The first-order chi connectivity index (χ1) is 25.9. The lowest BCUT2D eigenvalue weighted by atomic mass is 9.88. The molecule has 0 spiro atoms. The molecule has 5 atom stereocenters. The van der Waals surface area contributed by atoms with Gasteiger partial charge in [-0.3, -0.25) is 4.79 Å². The van der Waals surface area contributed by atoms with Crippen molar-refractivity contribution in [1.82, 2.24) is 10.6 Å². The van der Waals surface area contributed by atoms with Crippen molar-refractivity contribution < 1.29 is 48.2 Å². The van der Waals surface area contributed by atoms with Crippen molar-refractivity contribution in [3.63, 3.8) is 0 Å². The molecule has 2 amide bonds. The predicted molar refractivity (Wildman–Crippen MR) is 199 cm³/mol. The molecule has 12 nitrogen and oxygen atoms in total. The lowest BCUT2D eigenvalue weighted by Gasteiger charge is -2.28. The number of carbonyl (C=O) groups excluding carboxylic acids is 2. The second-order valence-electron chi connectivity index (χ2n) is 13.2. The number of methoxy groups -OCH3 is 2. The van der Waals surface area contributed by atoms with Crippen LogP contribution in [0.1, 0.15) is 46.7 Å². The molecule has 0 heterocycles. The van der Waals surface area contributed by atoms with E-state index in [-0.39, 0.29) is 32.3 Å². The van der Waals surface area contributed by atoms with Crippen LogP contribution in [0.5, 0.6) is 0 Å². The predicted octanol–water partition coefficient (Wildman–Crippen LogP) is 3.94. The molecule has 0 bridgehead atoms. The van der Waals surface area contributed by atoms with Crippen molar-refractivity contribution in [3.05, 3.63) is 107 Å². The van der Waals surface area contributed by atoms with Crippen LogP contribution in [-0.4, -0.2) is 108 Å². The number of fused-ring (bicyclic) bond motifs is 1. The minimum absolute atomic E-state index is 0.0340. The molecule has 4 N–H and O–H groups in total. The Morgan fingerprint density at radius 2 is 1.40 bits per heavy atom. The first kappa shape index (κ1) is 41.9. The number of carbonyl (C=O) groups is 2. The van der Waals surface area contributed by atoms with Gasteiger partial charge in [0.1, 0.15) is 13.4 Å². The van der Waals surface area contributed by atoms with Gasteiger partial charge < -0.3 is 49.3 Å². The standard InChI is InChI=1S/C41H56N2O10/c1-48-19-21-50-23-24-53-41(47)42-36(26-31-9-4-3-5-10-31)37(44)28-34(40(46)43-39-35-13-7-6-12-33(35)27-38(39)45)25-32-16-14-30(15-17-32)11-8-18-51-29-52-22-20-49-2/h3-7,9-10,12-17,34,36-39,44-45H,8,11,18-29H2,1-2H3,(H,42,47)(H,43,46)/t34-,36+,37+,38-,39+/m1/s1. The van der Waals surface area contributed by atoms with Crippen LogP contribution in [0.3, 0.4) is 0 Å². The highest BCUT2D eigenvalue weighted by atomic mass is 16.7. The van der Waals surface area contributed by atoms with E-state index in [1.54, 1.807) is 14.2 Å². The van der Waals surface area contributed by atoms with E-state index >= 15 is 0 Å². The number of alkyl carbamates (subject to hydrolysis) is 1. The average molecular weight is 737 g/mol. The maximum Gasteiger partial charge on any atom is 0.407 e. The van der Waals surface area contributed by atoms with Crippen LogP contribution in [-0.2, 0) is 58.9 Å². The van der Waals surface area contributed by atoms with Gasteiger partial charge in [-0.25, -0.2) is 4.79 Å². The summed E-state index contributed by atoms with van der Waals surface area (Å²) < 4.78 is 31.5. The molecule has 0 aliphatic heterocycles. The van der Waals surface area contributed by atoms with Crippen LogP contribution in [0.2, 0.25) is 0 Å². The van der Waals surface area contributed by atoms with E-state index in [9.17, 15) is 19.8 Å². The Hall–Kier alpha value is -3.88. The van der Waals surface area contributed by atoms with Crippen LogP contribution in [0, 0.1) is 5.92 Å².